The zero-order valence-corrected chi connectivity index (χ0v) is 11.5. The van der Waals surface area contributed by atoms with Gasteiger partial charge in [-0.05, 0) is 31.0 Å². The van der Waals surface area contributed by atoms with Crippen molar-refractivity contribution >= 4 is 21.8 Å². The summed E-state index contributed by atoms with van der Waals surface area (Å²) < 4.78 is 1.09. The molecule has 1 amide bonds. The van der Waals surface area contributed by atoms with Gasteiger partial charge in [0.15, 0.2) is 0 Å². The molecule has 92 valence electrons. The third-order valence-electron chi connectivity index (χ3n) is 3.13. The van der Waals surface area contributed by atoms with Crippen LogP contribution < -0.4 is 10.6 Å². The number of nitrogens with one attached hydrogen (secondary N) is 2. The molecule has 2 atom stereocenters. The second-order valence-electron chi connectivity index (χ2n) is 4.48. The molecular weight excluding hydrogens is 280 g/mol. The van der Waals surface area contributed by atoms with Crippen LogP contribution in [0.2, 0.25) is 0 Å². The third kappa shape index (κ3) is 3.54. The largest absolute Gasteiger partial charge is 0.352 e. The Balaban J connectivity index is 1.82. The Morgan fingerprint density at radius 3 is 2.76 bits per heavy atom. The van der Waals surface area contributed by atoms with Crippen LogP contribution in [0.5, 0.6) is 0 Å². The molecule has 1 aromatic rings. The van der Waals surface area contributed by atoms with Crippen LogP contribution in [0, 0.1) is 0 Å². The van der Waals surface area contributed by atoms with E-state index in [0.29, 0.717) is 18.5 Å². The van der Waals surface area contributed by atoms with E-state index in [9.17, 15) is 4.79 Å². The van der Waals surface area contributed by atoms with E-state index in [0.717, 1.165) is 17.4 Å². The highest BCUT2D eigenvalue weighted by Gasteiger charge is 2.20. The quantitative estimate of drug-likeness (QED) is 0.896. The first kappa shape index (κ1) is 12.6. The van der Waals surface area contributed by atoms with Gasteiger partial charge in [0.05, 0.1) is 0 Å². The summed E-state index contributed by atoms with van der Waals surface area (Å²) in [6.07, 6.45) is 1.61. The number of amides is 1. The molecule has 1 unspecified atom stereocenters. The van der Waals surface area contributed by atoms with Crippen molar-refractivity contribution in [2.24, 2.45) is 0 Å². The molecule has 2 N–H and O–H groups in total. The lowest BCUT2D eigenvalue weighted by molar-refractivity contribution is -0.119. The molecule has 0 aromatic heterocycles. The van der Waals surface area contributed by atoms with E-state index in [-0.39, 0.29) is 5.91 Å². The number of hydrogen-bond acceptors (Lipinski definition) is 2. The minimum absolute atomic E-state index is 0.174. The van der Waals surface area contributed by atoms with Gasteiger partial charge in [0.1, 0.15) is 0 Å². The second-order valence-corrected chi connectivity index (χ2v) is 5.40. The van der Waals surface area contributed by atoms with E-state index < -0.39 is 0 Å². The maximum Gasteiger partial charge on any atom is 0.220 e. The van der Waals surface area contributed by atoms with Crippen LogP contribution in [-0.2, 0) is 4.79 Å². The third-order valence-corrected chi connectivity index (χ3v) is 3.65. The Morgan fingerprint density at radius 1 is 1.47 bits per heavy atom. The number of halogens is 1. The van der Waals surface area contributed by atoms with Gasteiger partial charge in [0.2, 0.25) is 5.91 Å². The number of benzene rings is 1. The normalized spacial score (nSPS) is 21.3. The van der Waals surface area contributed by atoms with E-state index in [4.69, 9.17) is 0 Å². The molecule has 2 rings (SSSR count). The molecule has 1 heterocycles. The summed E-state index contributed by atoms with van der Waals surface area (Å²) >= 11 is 3.43. The molecule has 0 radical (unpaired) electrons. The van der Waals surface area contributed by atoms with Crippen LogP contribution in [0.15, 0.2) is 28.7 Å². The Kier molecular flexibility index (Phi) is 4.18. The zero-order valence-electron chi connectivity index (χ0n) is 9.87. The van der Waals surface area contributed by atoms with Gasteiger partial charge >= 0.3 is 0 Å². The number of rotatable bonds is 4. The lowest BCUT2D eigenvalue weighted by atomic mass is 10.1. The second kappa shape index (κ2) is 5.65. The topological polar surface area (TPSA) is 41.1 Å². The molecule has 1 saturated heterocycles. The van der Waals surface area contributed by atoms with Gasteiger partial charge in [-0.3, -0.25) is 4.79 Å². The SMILES string of the molecule is C[C@@H](NCC1CCC(=O)N1)c1ccc(Br)cc1. The summed E-state index contributed by atoms with van der Waals surface area (Å²) in [5, 5.41) is 6.41. The summed E-state index contributed by atoms with van der Waals surface area (Å²) in [5.41, 5.74) is 1.26. The molecule has 1 aromatic carbocycles. The van der Waals surface area contributed by atoms with Crippen molar-refractivity contribution in [3.63, 3.8) is 0 Å². The summed E-state index contributed by atoms with van der Waals surface area (Å²) in [4.78, 5) is 11.1. The summed E-state index contributed by atoms with van der Waals surface area (Å²) in [6, 6.07) is 8.90. The molecular formula is C13H17BrN2O. The minimum Gasteiger partial charge on any atom is -0.352 e. The molecule has 0 saturated carbocycles. The van der Waals surface area contributed by atoms with Crippen LogP contribution in [0.4, 0.5) is 0 Å². The van der Waals surface area contributed by atoms with Gasteiger partial charge < -0.3 is 10.6 Å². The fraction of sp³-hybridized carbons (Fsp3) is 0.462. The maximum absolute atomic E-state index is 11.1. The first-order valence-electron chi connectivity index (χ1n) is 5.93. The average molecular weight is 297 g/mol. The van der Waals surface area contributed by atoms with Gasteiger partial charge in [0.25, 0.3) is 0 Å². The Morgan fingerprint density at radius 2 is 2.18 bits per heavy atom. The summed E-state index contributed by atoms with van der Waals surface area (Å²) in [5.74, 6) is 0.174. The Hall–Kier alpha value is -0.870. The number of carbonyl (C=O) groups is 1. The number of hydrogen-bond donors (Lipinski definition) is 2. The predicted octanol–water partition coefficient (Wildman–Crippen LogP) is 2.38. The van der Waals surface area contributed by atoms with Crippen molar-refractivity contribution in [1.29, 1.82) is 0 Å². The van der Waals surface area contributed by atoms with Crippen molar-refractivity contribution in [3.8, 4) is 0 Å². The lowest BCUT2D eigenvalue weighted by Crippen LogP contribution is -2.36. The summed E-state index contributed by atoms with van der Waals surface area (Å²) in [7, 11) is 0. The van der Waals surface area contributed by atoms with E-state index in [1.165, 1.54) is 5.56 Å². The summed E-state index contributed by atoms with van der Waals surface area (Å²) in [6.45, 7) is 2.98. The fourth-order valence-electron chi connectivity index (χ4n) is 2.02. The highest BCUT2D eigenvalue weighted by Crippen LogP contribution is 2.16. The standard InChI is InChI=1S/C13H17BrN2O/c1-9(10-2-4-11(14)5-3-10)15-8-12-6-7-13(17)16-12/h2-5,9,12,15H,6-8H2,1H3,(H,16,17)/t9-,12?/m1/s1. The fourth-order valence-corrected chi connectivity index (χ4v) is 2.28. The van der Waals surface area contributed by atoms with Gasteiger partial charge in [-0.2, -0.15) is 0 Å². The molecule has 0 aliphatic carbocycles. The van der Waals surface area contributed by atoms with Gasteiger partial charge in [-0.15, -0.1) is 0 Å². The predicted molar refractivity (Wildman–Crippen MR) is 71.7 cm³/mol. The van der Waals surface area contributed by atoms with Crippen LogP contribution in [-0.4, -0.2) is 18.5 Å². The molecule has 0 spiro atoms. The van der Waals surface area contributed by atoms with Gasteiger partial charge in [-0.25, -0.2) is 0 Å². The van der Waals surface area contributed by atoms with Crippen molar-refractivity contribution in [3.05, 3.63) is 34.3 Å². The van der Waals surface area contributed by atoms with Gasteiger partial charge in [0, 0.05) is 29.5 Å². The number of carbonyl (C=O) groups excluding carboxylic acids is 1. The lowest BCUT2D eigenvalue weighted by Gasteiger charge is -2.17. The van der Waals surface area contributed by atoms with Crippen molar-refractivity contribution in [2.45, 2.75) is 31.8 Å². The zero-order chi connectivity index (χ0) is 12.3. The van der Waals surface area contributed by atoms with Crippen LogP contribution in [0.1, 0.15) is 31.4 Å². The molecule has 1 aliphatic heterocycles. The van der Waals surface area contributed by atoms with Crippen molar-refractivity contribution in [2.75, 3.05) is 6.54 Å². The Bertz CT molecular complexity index is 391. The average Bonchev–Trinajstić information content (AvgIpc) is 2.73. The van der Waals surface area contributed by atoms with Crippen LogP contribution in [0.25, 0.3) is 0 Å². The van der Waals surface area contributed by atoms with Crippen molar-refractivity contribution < 1.29 is 4.79 Å². The first-order valence-corrected chi connectivity index (χ1v) is 6.72. The van der Waals surface area contributed by atoms with Crippen LogP contribution in [0.3, 0.4) is 0 Å². The molecule has 1 fully saturated rings. The molecule has 4 heteroatoms. The molecule has 17 heavy (non-hydrogen) atoms. The monoisotopic (exact) mass is 296 g/mol. The van der Waals surface area contributed by atoms with E-state index in [1.807, 2.05) is 12.1 Å². The molecule has 3 nitrogen and oxygen atoms in total. The van der Waals surface area contributed by atoms with E-state index in [1.54, 1.807) is 0 Å². The Labute approximate surface area is 110 Å². The maximum atomic E-state index is 11.1. The minimum atomic E-state index is 0.174. The molecule has 1 aliphatic rings. The highest BCUT2D eigenvalue weighted by molar-refractivity contribution is 9.10. The van der Waals surface area contributed by atoms with E-state index in [2.05, 4.69) is 45.6 Å². The van der Waals surface area contributed by atoms with Crippen LogP contribution >= 0.6 is 15.9 Å². The smallest absolute Gasteiger partial charge is 0.220 e. The highest BCUT2D eigenvalue weighted by atomic mass is 79.9. The molecule has 0 bridgehead atoms. The first-order chi connectivity index (χ1) is 8.15. The van der Waals surface area contributed by atoms with Gasteiger partial charge in [-0.1, -0.05) is 28.1 Å². The van der Waals surface area contributed by atoms with Crippen molar-refractivity contribution in [1.82, 2.24) is 10.6 Å². The van der Waals surface area contributed by atoms with E-state index >= 15 is 0 Å².